The van der Waals surface area contributed by atoms with Crippen molar-refractivity contribution in [2.45, 2.75) is 63.5 Å². The van der Waals surface area contributed by atoms with E-state index in [9.17, 15) is 9.59 Å². The molecule has 6 heteroatoms. The van der Waals surface area contributed by atoms with Gasteiger partial charge >= 0.3 is 11.4 Å². The summed E-state index contributed by atoms with van der Waals surface area (Å²) in [5.74, 6) is 0. The Kier molecular flexibility index (Phi) is 4.42. The van der Waals surface area contributed by atoms with Crippen LogP contribution in [-0.2, 0) is 9.47 Å². The number of carbonyl (C=O) groups is 2. The van der Waals surface area contributed by atoms with Crippen LogP contribution in [0, 0.1) is 0 Å². The van der Waals surface area contributed by atoms with Crippen molar-refractivity contribution in [3.63, 3.8) is 0 Å². The van der Waals surface area contributed by atoms with Crippen LogP contribution in [0.5, 0.6) is 0 Å². The summed E-state index contributed by atoms with van der Waals surface area (Å²) in [6, 6.07) is 0.164. The van der Waals surface area contributed by atoms with Crippen LogP contribution in [0.25, 0.3) is 0 Å². The SMILES string of the molecule is COC(=O)S1=CCC2CCCC1N2C(=O)OC(C)(C)C. The summed E-state index contributed by atoms with van der Waals surface area (Å²) >= 11 is 0. The fourth-order valence-electron chi connectivity index (χ4n) is 2.70. The minimum absolute atomic E-state index is 0.0928. The topological polar surface area (TPSA) is 55.8 Å². The van der Waals surface area contributed by atoms with Crippen LogP contribution >= 0.6 is 10.5 Å². The summed E-state index contributed by atoms with van der Waals surface area (Å²) in [5, 5.41) is 1.70. The van der Waals surface area contributed by atoms with Gasteiger partial charge in [-0.1, -0.05) is 10.5 Å². The maximum Gasteiger partial charge on any atom is 0.411 e. The average Bonchev–Trinajstić information content (AvgIpc) is 2.35. The molecule has 0 radical (unpaired) electrons. The monoisotopic (exact) mass is 301 g/mol. The van der Waals surface area contributed by atoms with E-state index in [0.29, 0.717) is 0 Å². The van der Waals surface area contributed by atoms with Gasteiger partial charge in [-0.15, -0.1) is 0 Å². The van der Waals surface area contributed by atoms with Crippen LogP contribution in [0.2, 0.25) is 0 Å². The fourth-order valence-corrected chi connectivity index (χ4v) is 4.83. The Hall–Kier alpha value is -1.04. The normalized spacial score (nSPS) is 29.4. The van der Waals surface area contributed by atoms with Crippen molar-refractivity contribution in [2.75, 3.05) is 7.11 Å². The molecule has 114 valence electrons. The number of methoxy groups -OCH3 is 1. The fraction of sp³-hybridized carbons (Fsp3) is 0.786. The molecule has 2 aliphatic rings. The number of ether oxygens (including phenoxy) is 2. The molecule has 1 amide bonds. The van der Waals surface area contributed by atoms with E-state index in [1.807, 2.05) is 26.1 Å². The van der Waals surface area contributed by atoms with Gasteiger partial charge in [-0.3, -0.25) is 4.90 Å². The number of carbonyl (C=O) groups excluding carboxylic acids is 2. The number of nitrogens with zero attached hydrogens (tertiary/aromatic N) is 1. The zero-order valence-electron chi connectivity index (χ0n) is 12.5. The third kappa shape index (κ3) is 3.16. The van der Waals surface area contributed by atoms with Crippen molar-refractivity contribution in [3.05, 3.63) is 0 Å². The number of rotatable bonds is 0. The Balaban J connectivity index is 2.23. The summed E-state index contributed by atoms with van der Waals surface area (Å²) < 4.78 is 10.4. The second-order valence-electron chi connectivity index (χ2n) is 6.16. The van der Waals surface area contributed by atoms with Crippen LogP contribution in [0.15, 0.2) is 0 Å². The van der Waals surface area contributed by atoms with Crippen molar-refractivity contribution < 1.29 is 19.1 Å². The summed E-state index contributed by atoms with van der Waals surface area (Å²) in [7, 11) is 0.762. The first-order valence-corrected chi connectivity index (χ1v) is 8.33. The maximum atomic E-state index is 12.4. The minimum Gasteiger partial charge on any atom is -0.461 e. The highest BCUT2D eigenvalue weighted by Gasteiger charge is 2.42. The predicted molar refractivity (Wildman–Crippen MR) is 80.2 cm³/mol. The van der Waals surface area contributed by atoms with E-state index in [0.717, 1.165) is 25.7 Å². The van der Waals surface area contributed by atoms with Crippen LogP contribution in [0.4, 0.5) is 9.59 Å². The van der Waals surface area contributed by atoms with Crippen LogP contribution in [0.1, 0.15) is 46.5 Å². The lowest BCUT2D eigenvalue weighted by Crippen LogP contribution is -2.53. The minimum atomic E-state index is -0.637. The van der Waals surface area contributed by atoms with Gasteiger partial charge in [0.15, 0.2) is 0 Å². The van der Waals surface area contributed by atoms with Gasteiger partial charge in [0.1, 0.15) is 5.60 Å². The van der Waals surface area contributed by atoms with Gasteiger partial charge in [-0.05, 0) is 51.8 Å². The molecule has 5 nitrogen and oxygen atoms in total. The highest BCUT2D eigenvalue weighted by Crippen LogP contribution is 2.41. The lowest BCUT2D eigenvalue weighted by molar-refractivity contribution is 0.00645. The van der Waals surface area contributed by atoms with E-state index in [1.165, 1.54) is 7.11 Å². The molecule has 1 saturated heterocycles. The quantitative estimate of drug-likeness (QED) is 0.508. The lowest BCUT2D eigenvalue weighted by Gasteiger charge is -2.45. The Bertz CT molecular complexity index is 441. The van der Waals surface area contributed by atoms with Gasteiger partial charge in [-0.2, -0.15) is 0 Å². The summed E-state index contributed by atoms with van der Waals surface area (Å²) in [4.78, 5) is 26.1. The number of amides is 1. The number of piperidine rings is 1. The van der Waals surface area contributed by atoms with Gasteiger partial charge in [-0.25, -0.2) is 9.59 Å². The van der Waals surface area contributed by atoms with Crippen LogP contribution in [0.3, 0.4) is 0 Å². The van der Waals surface area contributed by atoms with Gasteiger partial charge < -0.3 is 9.47 Å². The maximum absolute atomic E-state index is 12.4. The van der Waals surface area contributed by atoms with Crippen molar-refractivity contribution in [3.8, 4) is 0 Å². The Labute approximate surface area is 122 Å². The standard InChI is InChI=1S/C14H23NO4S/c1-14(2,3)19-12(16)15-10-6-5-7-11(15)20(9-8-10)13(17)18-4/h9-11H,5-8H2,1-4H3. The molecule has 2 aliphatic heterocycles. The third-order valence-electron chi connectivity index (χ3n) is 3.50. The second-order valence-corrected chi connectivity index (χ2v) is 8.11. The second kappa shape index (κ2) is 5.76. The zero-order chi connectivity index (χ0) is 14.9. The number of fused-ring (bicyclic) bond motifs is 2. The van der Waals surface area contributed by atoms with Crippen LogP contribution < -0.4 is 0 Å². The largest absolute Gasteiger partial charge is 0.461 e. The molecular formula is C14H23NO4S. The predicted octanol–water partition coefficient (Wildman–Crippen LogP) is 3.34. The first-order chi connectivity index (χ1) is 9.33. The van der Waals surface area contributed by atoms with Crippen LogP contribution in [-0.4, -0.2) is 45.8 Å². The Morgan fingerprint density at radius 3 is 2.60 bits per heavy atom. The third-order valence-corrected chi connectivity index (χ3v) is 5.65. The van der Waals surface area contributed by atoms with Crippen molar-refractivity contribution in [2.24, 2.45) is 0 Å². The van der Waals surface area contributed by atoms with Crippen molar-refractivity contribution in [1.82, 2.24) is 4.90 Å². The molecule has 0 aliphatic carbocycles. The average molecular weight is 301 g/mol. The molecule has 0 saturated carbocycles. The molecule has 0 aromatic heterocycles. The summed E-state index contributed by atoms with van der Waals surface area (Å²) in [5.41, 5.74) is -0.517. The van der Waals surface area contributed by atoms with Gasteiger partial charge in [0.05, 0.1) is 12.5 Å². The van der Waals surface area contributed by atoms with E-state index in [1.54, 1.807) is 4.90 Å². The molecule has 2 heterocycles. The molecule has 1 fully saturated rings. The molecule has 2 bridgehead atoms. The van der Waals surface area contributed by atoms with E-state index < -0.39 is 16.1 Å². The Morgan fingerprint density at radius 1 is 1.30 bits per heavy atom. The van der Waals surface area contributed by atoms with Crippen molar-refractivity contribution >= 4 is 27.2 Å². The van der Waals surface area contributed by atoms with E-state index in [4.69, 9.17) is 9.47 Å². The molecule has 0 N–H and O–H groups in total. The molecule has 20 heavy (non-hydrogen) atoms. The van der Waals surface area contributed by atoms with Gasteiger partial charge in [0.25, 0.3) is 0 Å². The molecule has 0 aromatic rings. The van der Waals surface area contributed by atoms with E-state index in [-0.39, 0.29) is 22.8 Å². The molecule has 2 rings (SSSR count). The van der Waals surface area contributed by atoms with Gasteiger partial charge in [0, 0.05) is 6.04 Å². The summed E-state index contributed by atoms with van der Waals surface area (Å²) in [6.45, 7) is 5.57. The molecule has 3 unspecified atom stereocenters. The highest BCUT2D eigenvalue weighted by molar-refractivity contribution is 8.27. The number of hydrogen-bond donors (Lipinski definition) is 0. The molecular weight excluding hydrogens is 278 g/mol. The first kappa shape index (κ1) is 15.4. The number of hydrogen-bond acceptors (Lipinski definition) is 4. The Morgan fingerprint density at radius 2 is 2.00 bits per heavy atom. The molecule has 3 atom stereocenters. The molecule has 0 spiro atoms. The highest BCUT2D eigenvalue weighted by atomic mass is 32.2. The lowest BCUT2D eigenvalue weighted by atomic mass is 10.00. The zero-order valence-corrected chi connectivity index (χ0v) is 13.4. The first-order valence-electron chi connectivity index (χ1n) is 6.98. The smallest absolute Gasteiger partial charge is 0.411 e. The van der Waals surface area contributed by atoms with Gasteiger partial charge in [0.2, 0.25) is 0 Å². The summed E-state index contributed by atoms with van der Waals surface area (Å²) in [6.07, 6.45) is 3.30. The molecule has 0 aromatic carbocycles. The van der Waals surface area contributed by atoms with E-state index in [2.05, 4.69) is 0 Å². The van der Waals surface area contributed by atoms with Crippen molar-refractivity contribution in [1.29, 1.82) is 0 Å². The van der Waals surface area contributed by atoms with E-state index >= 15 is 0 Å².